The maximum Gasteiger partial charge on any atom is 0.330 e. The summed E-state index contributed by atoms with van der Waals surface area (Å²) in [5.41, 5.74) is 1.27. The lowest BCUT2D eigenvalue weighted by Crippen LogP contribution is -1.93. The maximum atomic E-state index is 11.5. The van der Waals surface area contributed by atoms with E-state index in [2.05, 4.69) is 4.74 Å². The van der Waals surface area contributed by atoms with Gasteiger partial charge >= 0.3 is 5.97 Å². The quantitative estimate of drug-likeness (QED) is 0.450. The molecule has 0 amide bonds. The van der Waals surface area contributed by atoms with E-state index < -0.39 is 15.8 Å². The molecule has 0 atom stereocenters. The third-order valence-electron chi connectivity index (χ3n) is 2.44. The van der Waals surface area contributed by atoms with Crippen molar-refractivity contribution in [2.24, 2.45) is 0 Å². The van der Waals surface area contributed by atoms with Crippen LogP contribution < -0.4 is 0 Å². The number of fused-ring (bicyclic) bond motifs is 1. The summed E-state index contributed by atoms with van der Waals surface area (Å²) >= 11 is 0. The zero-order valence-electron chi connectivity index (χ0n) is 8.85. The predicted molar refractivity (Wildman–Crippen MR) is 57.7 cm³/mol. The predicted octanol–water partition coefficient (Wildman–Crippen LogP) is 1.33. The molecule has 5 heteroatoms. The van der Waals surface area contributed by atoms with E-state index in [0.717, 1.165) is 5.56 Å². The Hall–Kier alpha value is -1.62. The van der Waals surface area contributed by atoms with Gasteiger partial charge in [0.25, 0.3) is 0 Å². The van der Waals surface area contributed by atoms with Crippen LogP contribution in [0.5, 0.6) is 0 Å². The van der Waals surface area contributed by atoms with Crippen molar-refractivity contribution < 1.29 is 17.9 Å². The first kappa shape index (κ1) is 10.9. The van der Waals surface area contributed by atoms with Crippen LogP contribution in [0.1, 0.15) is 11.1 Å². The molecule has 0 spiro atoms. The van der Waals surface area contributed by atoms with Crippen molar-refractivity contribution in [1.29, 1.82) is 0 Å². The van der Waals surface area contributed by atoms with E-state index >= 15 is 0 Å². The van der Waals surface area contributed by atoms with Crippen molar-refractivity contribution in [2.75, 3.05) is 7.11 Å². The Bertz CT molecular complexity index is 597. The fourth-order valence-electron chi connectivity index (χ4n) is 1.59. The summed E-state index contributed by atoms with van der Waals surface area (Å²) in [6.07, 6.45) is 2.66. The Labute approximate surface area is 93.5 Å². The van der Waals surface area contributed by atoms with Crippen LogP contribution >= 0.6 is 0 Å². The Morgan fingerprint density at radius 2 is 2.00 bits per heavy atom. The van der Waals surface area contributed by atoms with E-state index in [1.54, 1.807) is 19.1 Å². The summed E-state index contributed by atoms with van der Waals surface area (Å²) < 4.78 is 27.5. The number of carbonyl (C=O) groups is 1. The summed E-state index contributed by atoms with van der Waals surface area (Å²) in [5.74, 6) is -0.507. The van der Waals surface area contributed by atoms with Gasteiger partial charge in [-0.15, -0.1) is 0 Å². The number of methoxy groups -OCH3 is 1. The number of rotatable bonds is 2. The molecule has 1 aromatic rings. The number of hydrogen-bond donors (Lipinski definition) is 0. The van der Waals surface area contributed by atoms with Crippen molar-refractivity contribution in [3.63, 3.8) is 0 Å². The Morgan fingerprint density at radius 3 is 2.62 bits per heavy atom. The molecule has 0 aromatic heterocycles. The molecule has 0 saturated carbocycles. The lowest BCUT2D eigenvalue weighted by Gasteiger charge is -1.91. The van der Waals surface area contributed by atoms with Gasteiger partial charge in [0.15, 0.2) is 0 Å². The van der Waals surface area contributed by atoms with Gasteiger partial charge in [0.2, 0.25) is 9.84 Å². The number of hydrogen-bond acceptors (Lipinski definition) is 4. The zero-order valence-corrected chi connectivity index (χ0v) is 9.67. The van der Waals surface area contributed by atoms with Crippen molar-refractivity contribution >= 4 is 21.9 Å². The molecule has 16 heavy (non-hydrogen) atoms. The molecule has 0 unspecified atom stereocenters. The smallest absolute Gasteiger partial charge is 0.330 e. The second-order valence-electron chi connectivity index (χ2n) is 3.49. The molecule has 0 N–H and O–H groups in total. The summed E-state index contributed by atoms with van der Waals surface area (Å²) in [6.45, 7) is 1.75. The molecule has 0 saturated heterocycles. The molecule has 1 aromatic carbocycles. The molecular formula is C11H10O4S. The summed E-state index contributed by atoms with van der Waals surface area (Å²) in [4.78, 5) is 11.6. The van der Waals surface area contributed by atoms with Gasteiger partial charge in [0.05, 0.1) is 16.9 Å². The molecule has 2 rings (SSSR count). The number of ether oxygens (including phenoxy) is 1. The molecule has 0 radical (unpaired) electrons. The second-order valence-corrected chi connectivity index (χ2v) is 5.31. The van der Waals surface area contributed by atoms with Gasteiger partial charge < -0.3 is 4.74 Å². The van der Waals surface area contributed by atoms with Crippen LogP contribution in [0.25, 0.3) is 6.08 Å². The second kappa shape index (κ2) is 3.45. The minimum Gasteiger partial charge on any atom is -0.466 e. The van der Waals surface area contributed by atoms with Gasteiger partial charge in [0.1, 0.15) is 0 Å². The first-order valence-electron chi connectivity index (χ1n) is 4.63. The van der Waals surface area contributed by atoms with E-state index in [-0.39, 0.29) is 0 Å². The van der Waals surface area contributed by atoms with Gasteiger partial charge in [0, 0.05) is 6.08 Å². The highest BCUT2D eigenvalue weighted by Crippen LogP contribution is 2.45. The number of benzene rings is 1. The normalized spacial score (nSPS) is 15.9. The Morgan fingerprint density at radius 1 is 1.31 bits per heavy atom. The van der Waals surface area contributed by atoms with E-state index in [0.29, 0.717) is 15.4 Å². The monoisotopic (exact) mass is 238 g/mol. The average molecular weight is 238 g/mol. The highest BCUT2D eigenvalue weighted by Gasteiger charge is 2.43. The van der Waals surface area contributed by atoms with E-state index in [9.17, 15) is 13.2 Å². The van der Waals surface area contributed by atoms with E-state index in [1.807, 2.05) is 0 Å². The Balaban J connectivity index is 2.42. The largest absolute Gasteiger partial charge is 0.466 e. The Kier molecular flexibility index (Phi) is 2.35. The van der Waals surface area contributed by atoms with Crippen molar-refractivity contribution in [1.82, 2.24) is 0 Å². The highest BCUT2D eigenvalue weighted by molar-refractivity contribution is 7.97. The van der Waals surface area contributed by atoms with Crippen LogP contribution in [0.4, 0.5) is 0 Å². The van der Waals surface area contributed by atoms with Gasteiger partial charge in [-0.05, 0) is 24.1 Å². The van der Waals surface area contributed by atoms with Gasteiger partial charge in [-0.3, -0.25) is 0 Å². The average Bonchev–Trinajstić information content (AvgIpc) is 2.82. The first-order valence-corrected chi connectivity index (χ1v) is 6.11. The molecule has 1 aliphatic heterocycles. The summed E-state index contributed by atoms with van der Waals surface area (Å²) in [6, 6.07) is 3.40. The highest BCUT2D eigenvalue weighted by atomic mass is 32.2. The molecule has 0 bridgehead atoms. The lowest BCUT2D eigenvalue weighted by atomic mass is 10.1. The van der Waals surface area contributed by atoms with Crippen molar-refractivity contribution in [3.05, 3.63) is 29.3 Å². The number of aryl methyl sites for hydroxylation is 1. The van der Waals surface area contributed by atoms with Crippen LogP contribution in [0.15, 0.2) is 28.0 Å². The van der Waals surface area contributed by atoms with Crippen LogP contribution in [-0.2, 0) is 19.4 Å². The molecule has 0 fully saturated rings. The summed E-state index contributed by atoms with van der Waals surface area (Å²) in [5, 5.41) is 0. The van der Waals surface area contributed by atoms with Crippen molar-refractivity contribution in [2.45, 2.75) is 16.7 Å². The standard InChI is InChI=1S/C11H10O4S/c1-7-3-4-8(5-6-9(12)15-2)11-10(7)16(11,13)14/h3-6H,1-2H3/b6-5+. The number of sulfone groups is 1. The van der Waals surface area contributed by atoms with Gasteiger partial charge in [-0.1, -0.05) is 12.1 Å². The zero-order chi connectivity index (χ0) is 11.9. The molecule has 1 aliphatic rings. The molecule has 1 heterocycles. The van der Waals surface area contributed by atoms with Crippen molar-refractivity contribution in [3.8, 4) is 0 Å². The minimum atomic E-state index is -3.20. The fraction of sp³-hybridized carbons (Fsp3) is 0.182. The summed E-state index contributed by atoms with van der Waals surface area (Å²) in [7, 11) is -1.93. The van der Waals surface area contributed by atoms with Gasteiger partial charge in [-0.2, -0.15) is 0 Å². The third kappa shape index (κ3) is 1.53. The fourth-order valence-corrected chi connectivity index (χ4v) is 3.40. The van der Waals surface area contributed by atoms with Crippen LogP contribution in [0.3, 0.4) is 0 Å². The maximum absolute atomic E-state index is 11.5. The number of esters is 1. The minimum absolute atomic E-state index is 0.327. The lowest BCUT2D eigenvalue weighted by molar-refractivity contribution is -0.134. The third-order valence-corrected chi connectivity index (χ3v) is 4.27. The topological polar surface area (TPSA) is 60.4 Å². The molecule has 0 aliphatic carbocycles. The van der Waals surface area contributed by atoms with Gasteiger partial charge in [-0.25, -0.2) is 13.2 Å². The van der Waals surface area contributed by atoms with Crippen LogP contribution in [-0.4, -0.2) is 21.5 Å². The van der Waals surface area contributed by atoms with Crippen LogP contribution in [0, 0.1) is 6.92 Å². The van der Waals surface area contributed by atoms with E-state index in [1.165, 1.54) is 19.3 Å². The number of carbonyl (C=O) groups excluding carboxylic acids is 1. The molecule has 4 nitrogen and oxygen atoms in total. The molecule has 84 valence electrons. The first-order chi connectivity index (χ1) is 7.48. The molecular weight excluding hydrogens is 228 g/mol. The SMILES string of the molecule is COC(=O)/C=C/c1ccc(C)c2c1S2(=O)=O. The van der Waals surface area contributed by atoms with E-state index in [4.69, 9.17) is 0 Å². The van der Waals surface area contributed by atoms with Crippen LogP contribution in [0.2, 0.25) is 0 Å².